The lowest BCUT2D eigenvalue weighted by Gasteiger charge is -1.94. The molecule has 0 aliphatic carbocycles. The van der Waals surface area contributed by atoms with Crippen LogP contribution in [0.2, 0.25) is 0 Å². The minimum Gasteiger partial charge on any atom is -0.370 e. The zero-order valence-corrected chi connectivity index (χ0v) is 5.70. The molecular formula is C6H11NO2. The van der Waals surface area contributed by atoms with E-state index in [1.165, 1.54) is 0 Å². The van der Waals surface area contributed by atoms with Crippen molar-refractivity contribution in [2.75, 3.05) is 0 Å². The fraction of sp³-hybridized carbons (Fsp3) is 1.00. The van der Waals surface area contributed by atoms with E-state index in [1.54, 1.807) is 6.92 Å². The number of ether oxygens (including phenoxy) is 1. The summed E-state index contributed by atoms with van der Waals surface area (Å²) in [6, 6.07) is -0.0834. The number of hydrogen-bond donors (Lipinski definition) is 0. The molecule has 1 fully saturated rings. The Bertz CT molecular complexity index is 116. The molecule has 0 radical (unpaired) electrons. The van der Waals surface area contributed by atoms with E-state index in [0.717, 1.165) is 6.42 Å². The Balaban J connectivity index is 2.11. The molecule has 3 unspecified atom stereocenters. The van der Waals surface area contributed by atoms with Crippen molar-refractivity contribution in [3.63, 3.8) is 0 Å². The van der Waals surface area contributed by atoms with Crippen LogP contribution < -0.4 is 0 Å². The average Bonchev–Trinajstić information content (AvgIpc) is 2.47. The van der Waals surface area contributed by atoms with Crippen molar-refractivity contribution in [1.29, 1.82) is 0 Å². The van der Waals surface area contributed by atoms with E-state index in [9.17, 15) is 4.91 Å². The minimum atomic E-state index is -0.0834. The zero-order chi connectivity index (χ0) is 6.85. The summed E-state index contributed by atoms with van der Waals surface area (Å²) in [5, 5.41) is 2.87. The number of rotatable bonds is 3. The van der Waals surface area contributed by atoms with Crippen LogP contribution in [0.25, 0.3) is 0 Å². The van der Waals surface area contributed by atoms with Crippen molar-refractivity contribution in [3.8, 4) is 0 Å². The highest BCUT2D eigenvalue weighted by Crippen LogP contribution is 2.26. The number of nitrogens with zero attached hydrogens (tertiary/aromatic N) is 1. The quantitative estimate of drug-likeness (QED) is 0.426. The van der Waals surface area contributed by atoms with Crippen LogP contribution in [0.5, 0.6) is 0 Å². The Morgan fingerprint density at radius 2 is 2.33 bits per heavy atom. The van der Waals surface area contributed by atoms with Gasteiger partial charge in [-0.05, 0) is 13.8 Å². The second kappa shape index (κ2) is 2.43. The summed E-state index contributed by atoms with van der Waals surface area (Å²) in [5.41, 5.74) is 0. The molecule has 1 saturated heterocycles. The third-order valence-corrected chi connectivity index (χ3v) is 1.59. The van der Waals surface area contributed by atoms with Crippen LogP contribution >= 0.6 is 0 Å². The normalized spacial score (nSPS) is 35.8. The zero-order valence-electron chi connectivity index (χ0n) is 5.70. The van der Waals surface area contributed by atoms with Gasteiger partial charge in [-0.3, -0.25) is 0 Å². The van der Waals surface area contributed by atoms with Crippen LogP contribution in [0, 0.1) is 4.91 Å². The molecule has 1 aliphatic heterocycles. The van der Waals surface area contributed by atoms with Gasteiger partial charge in [-0.2, -0.15) is 4.91 Å². The van der Waals surface area contributed by atoms with Crippen molar-refractivity contribution in [2.24, 2.45) is 5.18 Å². The lowest BCUT2D eigenvalue weighted by Crippen LogP contribution is -2.02. The van der Waals surface area contributed by atoms with Crippen molar-refractivity contribution in [2.45, 2.75) is 38.5 Å². The van der Waals surface area contributed by atoms with Crippen LogP contribution in [0.4, 0.5) is 0 Å². The third kappa shape index (κ3) is 1.75. The summed E-state index contributed by atoms with van der Waals surface area (Å²) < 4.78 is 5.09. The topological polar surface area (TPSA) is 42.0 Å². The molecule has 52 valence electrons. The highest BCUT2D eigenvalue weighted by atomic mass is 16.6. The lowest BCUT2D eigenvalue weighted by atomic mass is 10.2. The number of hydrogen-bond acceptors (Lipinski definition) is 3. The van der Waals surface area contributed by atoms with Gasteiger partial charge in [-0.25, -0.2) is 0 Å². The molecule has 1 rings (SSSR count). The van der Waals surface area contributed by atoms with Crippen LogP contribution in [-0.2, 0) is 4.74 Å². The Morgan fingerprint density at radius 1 is 1.78 bits per heavy atom. The fourth-order valence-corrected chi connectivity index (χ4v) is 0.857. The molecule has 0 spiro atoms. The van der Waals surface area contributed by atoms with Gasteiger partial charge in [0.15, 0.2) is 0 Å². The van der Waals surface area contributed by atoms with E-state index in [2.05, 4.69) is 5.18 Å². The van der Waals surface area contributed by atoms with Crippen LogP contribution in [0.3, 0.4) is 0 Å². The van der Waals surface area contributed by atoms with Crippen molar-refractivity contribution >= 4 is 0 Å². The summed E-state index contributed by atoms with van der Waals surface area (Å²) in [6.45, 7) is 3.81. The maximum atomic E-state index is 9.87. The molecule has 0 bridgehead atoms. The standard InChI is InChI=1S/C6H11NO2/c1-4(7-8)3-6-5(2)9-6/h4-6H,3H2,1-2H3. The second-order valence-corrected chi connectivity index (χ2v) is 2.57. The molecule has 0 N–H and O–H groups in total. The first-order valence-electron chi connectivity index (χ1n) is 3.22. The molecule has 0 amide bonds. The fourth-order valence-electron chi connectivity index (χ4n) is 0.857. The predicted octanol–water partition coefficient (Wildman–Crippen LogP) is 1.32. The van der Waals surface area contributed by atoms with Crippen LogP contribution in [-0.4, -0.2) is 18.2 Å². The van der Waals surface area contributed by atoms with Gasteiger partial charge in [0, 0.05) is 6.42 Å². The molecule has 3 heteroatoms. The molecule has 1 heterocycles. The molecule has 0 saturated carbocycles. The highest BCUT2D eigenvalue weighted by molar-refractivity contribution is 4.83. The average molecular weight is 129 g/mol. The summed E-state index contributed by atoms with van der Waals surface area (Å²) in [6.07, 6.45) is 1.44. The molecule has 9 heavy (non-hydrogen) atoms. The maximum absolute atomic E-state index is 9.87. The SMILES string of the molecule is CC(CC1OC1C)N=O. The number of epoxide rings is 1. The Kier molecular flexibility index (Phi) is 1.81. The van der Waals surface area contributed by atoms with Gasteiger partial charge in [0.1, 0.15) is 0 Å². The van der Waals surface area contributed by atoms with Gasteiger partial charge in [-0.15, -0.1) is 0 Å². The van der Waals surface area contributed by atoms with Crippen LogP contribution in [0.1, 0.15) is 20.3 Å². The van der Waals surface area contributed by atoms with Gasteiger partial charge in [0.05, 0.1) is 18.2 Å². The first kappa shape index (κ1) is 6.68. The van der Waals surface area contributed by atoms with E-state index < -0.39 is 0 Å². The lowest BCUT2D eigenvalue weighted by molar-refractivity contribution is 0.362. The number of nitroso groups, excluding NO2 is 1. The van der Waals surface area contributed by atoms with Crippen molar-refractivity contribution in [1.82, 2.24) is 0 Å². The molecule has 0 aromatic carbocycles. The summed E-state index contributed by atoms with van der Waals surface area (Å²) in [5.74, 6) is 0. The molecule has 1 aliphatic rings. The first-order valence-corrected chi connectivity index (χ1v) is 3.22. The van der Waals surface area contributed by atoms with Gasteiger partial charge < -0.3 is 4.74 Å². The first-order chi connectivity index (χ1) is 4.24. The summed E-state index contributed by atoms with van der Waals surface area (Å²) >= 11 is 0. The van der Waals surface area contributed by atoms with Crippen LogP contribution in [0.15, 0.2) is 5.18 Å². The van der Waals surface area contributed by atoms with Crippen molar-refractivity contribution < 1.29 is 4.74 Å². The van der Waals surface area contributed by atoms with Crippen molar-refractivity contribution in [3.05, 3.63) is 4.91 Å². The Labute approximate surface area is 54.4 Å². The van der Waals surface area contributed by atoms with E-state index in [1.807, 2.05) is 6.92 Å². The molecule has 0 aromatic heterocycles. The van der Waals surface area contributed by atoms with Gasteiger partial charge >= 0.3 is 0 Å². The highest BCUT2D eigenvalue weighted by Gasteiger charge is 2.35. The molecule has 3 atom stereocenters. The Morgan fingerprint density at radius 3 is 2.67 bits per heavy atom. The maximum Gasteiger partial charge on any atom is 0.0917 e. The Hall–Kier alpha value is -0.440. The monoisotopic (exact) mass is 129 g/mol. The van der Waals surface area contributed by atoms with E-state index in [4.69, 9.17) is 4.74 Å². The molecule has 3 nitrogen and oxygen atoms in total. The smallest absolute Gasteiger partial charge is 0.0917 e. The van der Waals surface area contributed by atoms with Gasteiger partial charge in [0.25, 0.3) is 0 Å². The summed E-state index contributed by atoms with van der Waals surface area (Å²) in [4.78, 5) is 9.87. The largest absolute Gasteiger partial charge is 0.370 e. The minimum absolute atomic E-state index is 0.0834. The van der Waals surface area contributed by atoms with E-state index >= 15 is 0 Å². The van der Waals surface area contributed by atoms with E-state index in [0.29, 0.717) is 12.2 Å². The summed E-state index contributed by atoms with van der Waals surface area (Å²) in [7, 11) is 0. The molecule has 0 aromatic rings. The van der Waals surface area contributed by atoms with Gasteiger partial charge in [-0.1, -0.05) is 5.18 Å². The second-order valence-electron chi connectivity index (χ2n) is 2.57. The predicted molar refractivity (Wildman–Crippen MR) is 34.2 cm³/mol. The van der Waals surface area contributed by atoms with Gasteiger partial charge in [0.2, 0.25) is 0 Å². The van der Waals surface area contributed by atoms with E-state index in [-0.39, 0.29) is 6.04 Å². The third-order valence-electron chi connectivity index (χ3n) is 1.59. The molecular weight excluding hydrogens is 118 g/mol.